The maximum atomic E-state index is 12.1. The van der Waals surface area contributed by atoms with Crippen molar-refractivity contribution in [2.24, 2.45) is 5.10 Å². The molecular weight excluding hydrogens is 376 g/mol. The highest BCUT2D eigenvalue weighted by Gasteiger charge is 2.07. The Bertz CT molecular complexity index is 1030. The number of hydrazone groups is 1. The number of benzene rings is 2. The lowest BCUT2D eigenvalue weighted by atomic mass is 10.2. The Balaban J connectivity index is 1.57. The van der Waals surface area contributed by atoms with Gasteiger partial charge in [0.15, 0.2) is 0 Å². The third-order valence-electron chi connectivity index (χ3n) is 3.75. The van der Waals surface area contributed by atoms with E-state index in [-0.39, 0.29) is 17.5 Å². The summed E-state index contributed by atoms with van der Waals surface area (Å²) in [6.45, 7) is 0. The minimum Gasteiger partial charge on any atom is -0.497 e. The van der Waals surface area contributed by atoms with Gasteiger partial charge in [-0.1, -0.05) is 6.07 Å². The standard InChI is InChI=1S/C20H16N4O5/c1-28-18-4-2-3-15(11-18)20(25)23-22-12-14-5-8-17(9-6-14)29-19-10-7-16(13-21-19)24(26)27/h2-13H,1H3,(H,23,25)/b22-12+. The zero-order chi connectivity index (χ0) is 20.6. The highest BCUT2D eigenvalue weighted by molar-refractivity contribution is 5.95. The molecule has 3 aromatic rings. The molecule has 1 aromatic heterocycles. The summed E-state index contributed by atoms with van der Waals surface area (Å²) >= 11 is 0. The van der Waals surface area contributed by atoms with Gasteiger partial charge >= 0.3 is 0 Å². The third-order valence-corrected chi connectivity index (χ3v) is 3.75. The van der Waals surface area contributed by atoms with Gasteiger partial charge in [-0.25, -0.2) is 10.4 Å². The number of ether oxygens (including phenoxy) is 2. The smallest absolute Gasteiger partial charge is 0.287 e. The molecule has 0 radical (unpaired) electrons. The van der Waals surface area contributed by atoms with Crippen LogP contribution in [0.25, 0.3) is 0 Å². The largest absolute Gasteiger partial charge is 0.497 e. The van der Waals surface area contributed by atoms with Gasteiger partial charge in [-0.3, -0.25) is 14.9 Å². The molecule has 29 heavy (non-hydrogen) atoms. The quantitative estimate of drug-likeness (QED) is 0.373. The van der Waals surface area contributed by atoms with Crippen LogP contribution in [0.5, 0.6) is 17.4 Å². The minimum absolute atomic E-state index is 0.111. The maximum absolute atomic E-state index is 12.1. The molecule has 0 aliphatic rings. The van der Waals surface area contributed by atoms with Crippen LogP contribution in [0, 0.1) is 10.1 Å². The van der Waals surface area contributed by atoms with Crippen molar-refractivity contribution in [3.63, 3.8) is 0 Å². The lowest BCUT2D eigenvalue weighted by molar-refractivity contribution is -0.385. The van der Waals surface area contributed by atoms with Crippen molar-refractivity contribution in [1.82, 2.24) is 10.4 Å². The average Bonchev–Trinajstić information content (AvgIpc) is 2.75. The number of carbonyl (C=O) groups excluding carboxylic acids is 1. The number of rotatable bonds is 7. The molecule has 0 aliphatic carbocycles. The summed E-state index contributed by atoms with van der Waals surface area (Å²) in [4.78, 5) is 26.1. The SMILES string of the molecule is COc1cccc(C(=O)N/N=C/c2ccc(Oc3ccc([N+](=O)[O-])cn3)cc2)c1. The highest BCUT2D eigenvalue weighted by atomic mass is 16.6. The van der Waals surface area contributed by atoms with E-state index in [4.69, 9.17) is 9.47 Å². The van der Waals surface area contributed by atoms with E-state index in [1.165, 1.54) is 25.5 Å². The van der Waals surface area contributed by atoms with Gasteiger partial charge in [-0.15, -0.1) is 0 Å². The molecule has 2 aromatic carbocycles. The second kappa shape index (κ2) is 9.09. The first-order valence-electron chi connectivity index (χ1n) is 8.41. The molecule has 0 spiro atoms. The van der Waals surface area contributed by atoms with Gasteiger partial charge in [-0.2, -0.15) is 5.10 Å². The summed E-state index contributed by atoms with van der Waals surface area (Å²) in [6.07, 6.45) is 2.62. The van der Waals surface area contributed by atoms with E-state index in [9.17, 15) is 14.9 Å². The van der Waals surface area contributed by atoms with Crippen LogP contribution >= 0.6 is 0 Å². The summed E-state index contributed by atoms with van der Waals surface area (Å²) in [5.41, 5.74) is 3.50. The Labute approximate surface area is 165 Å². The van der Waals surface area contributed by atoms with Gasteiger partial charge in [0.2, 0.25) is 5.88 Å². The molecule has 1 N–H and O–H groups in total. The molecule has 0 saturated carbocycles. The van der Waals surface area contributed by atoms with Crippen molar-refractivity contribution in [2.75, 3.05) is 7.11 Å². The zero-order valence-corrected chi connectivity index (χ0v) is 15.3. The predicted molar refractivity (Wildman–Crippen MR) is 105 cm³/mol. The van der Waals surface area contributed by atoms with E-state index in [1.54, 1.807) is 48.5 Å². The average molecular weight is 392 g/mol. The molecule has 1 heterocycles. The van der Waals surface area contributed by atoms with Gasteiger partial charge in [0.25, 0.3) is 11.6 Å². The Hall–Kier alpha value is -4.27. The molecule has 0 saturated heterocycles. The van der Waals surface area contributed by atoms with Crippen LogP contribution < -0.4 is 14.9 Å². The molecular formula is C20H16N4O5. The fraction of sp³-hybridized carbons (Fsp3) is 0.0500. The highest BCUT2D eigenvalue weighted by Crippen LogP contribution is 2.21. The summed E-state index contributed by atoms with van der Waals surface area (Å²) in [5, 5.41) is 14.6. The van der Waals surface area contributed by atoms with Crippen molar-refractivity contribution in [2.45, 2.75) is 0 Å². The minimum atomic E-state index is -0.530. The van der Waals surface area contributed by atoms with E-state index in [2.05, 4.69) is 15.5 Å². The Morgan fingerprint density at radius 3 is 2.59 bits per heavy atom. The van der Waals surface area contributed by atoms with Crippen LogP contribution in [-0.2, 0) is 0 Å². The van der Waals surface area contributed by atoms with Gasteiger partial charge in [0.05, 0.1) is 18.2 Å². The first kappa shape index (κ1) is 19.5. The maximum Gasteiger partial charge on any atom is 0.287 e. The van der Waals surface area contributed by atoms with Crippen LogP contribution in [0.1, 0.15) is 15.9 Å². The molecule has 9 nitrogen and oxygen atoms in total. The number of amides is 1. The summed E-state index contributed by atoms with van der Waals surface area (Å²) in [5.74, 6) is 0.968. The molecule has 146 valence electrons. The van der Waals surface area contributed by atoms with E-state index < -0.39 is 4.92 Å². The molecule has 0 bridgehead atoms. The zero-order valence-electron chi connectivity index (χ0n) is 15.3. The number of methoxy groups -OCH3 is 1. The molecule has 0 fully saturated rings. The number of nitrogens with zero attached hydrogens (tertiary/aromatic N) is 3. The molecule has 9 heteroatoms. The van der Waals surface area contributed by atoms with Gasteiger partial charge < -0.3 is 9.47 Å². The number of hydrogen-bond donors (Lipinski definition) is 1. The Kier molecular flexibility index (Phi) is 6.11. The van der Waals surface area contributed by atoms with Crippen molar-refractivity contribution in [3.8, 4) is 17.4 Å². The number of hydrogen-bond acceptors (Lipinski definition) is 7. The third kappa shape index (κ3) is 5.36. The second-order valence-corrected chi connectivity index (χ2v) is 5.71. The molecule has 3 rings (SSSR count). The normalized spacial score (nSPS) is 10.5. The number of nitrogens with one attached hydrogen (secondary N) is 1. The monoisotopic (exact) mass is 392 g/mol. The van der Waals surface area contributed by atoms with E-state index in [0.29, 0.717) is 17.1 Å². The first-order valence-corrected chi connectivity index (χ1v) is 8.41. The fourth-order valence-electron chi connectivity index (χ4n) is 2.28. The number of aromatic nitrogens is 1. The van der Waals surface area contributed by atoms with Crippen molar-refractivity contribution >= 4 is 17.8 Å². The van der Waals surface area contributed by atoms with E-state index in [0.717, 1.165) is 11.8 Å². The molecule has 0 unspecified atom stereocenters. The molecule has 0 aliphatic heterocycles. The topological polar surface area (TPSA) is 116 Å². The molecule has 1 amide bonds. The van der Waals surface area contributed by atoms with Crippen LogP contribution in [0.2, 0.25) is 0 Å². The van der Waals surface area contributed by atoms with Crippen molar-refractivity contribution < 1.29 is 19.2 Å². The lowest BCUT2D eigenvalue weighted by Crippen LogP contribution is -2.17. The van der Waals surface area contributed by atoms with E-state index in [1.807, 2.05) is 0 Å². The summed E-state index contributed by atoms with van der Waals surface area (Å²) in [7, 11) is 1.53. The summed E-state index contributed by atoms with van der Waals surface area (Å²) in [6, 6.07) is 16.3. The molecule has 0 atom stereocenters. The van der Waals surface area contributed by atoms with Gasteiger partial charge in [0, 0.05) is 17.7 Å². The van der Waals surface area contributed by atoms with Crippen LogP contribution in [0.15, 0.2) is 72.0 Å². The van der Waals surface area contributed by atoms with E-state index >= 15 is 0 Å². The second-order valence-electron chi connectivity index (χ2n) is 5.71. The van der Waals surface area contributed by atoms with Crippen LogP contribution in [0.3, 0.4) is 0 Å². The van der Waals surface area contributed by atoms with Crippen molar-refractivity contribution in [3.05, 3.63) is 88.1 Å². The van der Waals surface area contributed by atoms with Gasteiger partial charge in [0.1, 0.15) is 17.7 Å². The number of pyridine rings is 1. The lowest BCUT2D eigenvalue weighted by Gasteiger charge is -2.04. The predicted octanol–water partition coefficient (Wildman–Crippen LogP) is 3.55. The first-order chi connectivity index (χ1) is 14.0. The Morgan fingerprint density at radius 2 is 1.93 bits per heavy atom. The number of nitro groups is 1. The van der Waals surface area contributed by atoms with Crippen molar-refractivity contribution in [1.29, 1.82) is 0 Å². The fourth-order valence-corrected chi connectivity index (χ4v) is 2.28. The number of carbonyl (C=O) groups is 1. The Morgan fingerprint density at radius 1 is 1.14 bits per heavy atom. The van der Waals surface area contributed by atoms with Crippen LogP contribution in [-0.4, -0.2) is 29.1 Å². The summed E-state index contributed by atoms with van der Waals surface area (Å²) < 4.78 is 10.6. The van der Waals surface area contributed by atoms with Gasteiger partial charge in [-0.05, 0) is 48.0 Å². The van der Waals surface area contributed by atoms with Crippen LogP contribution in [0.4, 0.5) is 5.69 Å².